The zero-order valence-electron chi connectivity index (χ0n) is 11.5. The normalized spacial score (nSPS) is 12.2. The molecule has 0 aliphatic carbocycles. The van der Waals surface area contributed by atoms with Crippen molar-refractivity contribution in [1.29, 1.82) is 0 Å². The molecule has 0 spiro atoms. The molecule has 0 fully saturated rings. The maximum Gasteiger partial charge on any atom is 0.315 e. The van der Waals surface area contributed by atoms with Crippen molar-refractivity contribution < 1.29 is 14.7 Å². The maximum atomic E-state index is 11.4. The van der Waals surface area contributed by atoms with E-state index in [-0.39, 0.29) is 18.5 Å². The SMILES string of the molecule is CCCN(CC)CCNC(=O)NC(C)CC(=O)O. The quantitative estimate of drug-likeness (QED) is 0.574. The van der Waals surface area contributed by atoms with Crippen molar-refractivity contribution in [3.63, 3.8) is 0 Å². The number of rotatable bonds is 9. The van der Waals surface area contributed by atoms with E-state index in [4.69, 9.17) is 5.11 Å². The minimum atomic E-state index is -0.914. The highest BCUT2D eigenvalue weighted by Crippen LogP contribution is 1.91. The van der Waals surface area contributed by atoms with Crippen LogP contribution in [0.2, 0.25) is 0 Å². The van der Waals surface area contributed by atoms with Crippen LogP contribution in [0, 0.1) is 0 Å². The fourth-order valence-corrected chi connectivity index (χ4v) is 1.66. The van der Waals surface area contributed by atoms with Gasteiger partial charge in [0.2, 0.25) is 0 Å². The lowest BCUT2D eigenvalue weighted by molar-refractivity contribution is -0.137. The Kier molecular flexibility index (Phi) is 9.00. The summed E-state index contributed by atoms with van der Waals surface area (Å²) in [5.41, 5.74) is 0. The Balaban J connectivity index is 3.72. The first-order valence-corrected chi connectivity index (χ1v) is 6.48. The van der Waals surface area contributed by atoms with Crippen LogP contribution < -0.4 is 10.6 Å². The topological polar surface area (TPSA) is 81.7 Å². The Morgan fingerprint density at radius 3 is 2.44 bits per heavy atom. The van der Waals surface area contributed by atoms with Crippen LogP contribution in [0.15, 0.2) is 0 Å². The van der Waals surface area contributed by atoms with Gasteiger partial charge in [0.1, 0.15) is 0 Å². The summed E-state index contributed by atoms with van der Waals surface area (Å²) in [6.07, 6.45) is 1.03. The highest BCUT2D eigenvalue weighted by molar-refractivity contribution is 5.75. The van der Waals surface area contributed by atoms with Crippen LogP contribution in [0.1, 0.15) is 33.6 Å². The van der Waals surface area contributed by atoms with Crippen LogP contribution in [0.25, 0.3) is 0 Å². The first-order chi connectivity index (χ1) is 8.49. The molecule has 0 saturated carbocycles. The third kappa shape index (κ3) is 8.81. The molecular formula is C12H25N3O3. The Morgan fingerprint density at radius 1 is 1.28 bits per heavy atom. The van der Waals surface area contributed by atoms with E-state index in [0.29, 0.717) is 6.54 Å². The molecule has 18 heavy (non-hydrogen) atoms. The van der Waals surface area contributed by atoms with Gasteiger partial charge in [-0.25, -0.2) is 4.79 Å². The van der Waals surface area contributed by atoms with Gasteiger partial charge in [-0.05, 0) is 26.4 Å². The molecule has 0 aromatic heterocycles. The molecule has 6 nitrogen and oxygen atoms in total. The summed E-state index contributed by atoms with van der Waals surface area (Å²) >= 11 is 0. The van der Waals surface area contributed by atoms with Gasteiger partial charge in [0.05, 0.1) is 6.42 Å². The number of amides is 2. The van der Waals surface area contributed by atoms with Gasteiger partial charge in [-0.1, -0.05) is 13.8 Å². The number of likely N-dealkylation sites (N-methyl/N-ethyl adjacent to an activating group) is 1. The predicted molar refractivity (Wildman–Crippen MR) is 70.7 cm³/mol. The van der Waals surface area contributed by atoms with Crippen molar-refractivity contribution >= 4 is 12.0 Å². The number of carboxylic acid groups (broad SMARTS) is 1. The average molecular weight is 259 g/mol. The summed E-state index contributed by atoms with van der Waals surface area (Å²) in [6.45, 7) is 9.25. The van der Waals surface area contributed by atoms with Gasteiger partial charge < -0.3 is 20.6 Å². The molecule has 0 aliphatic heterocycles. The molecule has 0 aliphatic rings. The molecule has 0 rings (SSSR count). The van der Waals surface area contributed by atoms with Crippen LogP contribution >= 0.6 is 0 Å². The molecule has 2 amide bonds. The molecule has 106 valence electrons. The van der Waals surface area contributed by atoms with Gasteiger partial charge in [0.15, 0.2) is 0 Å². The van der Waals surface area contributed by atoms with Gasteiger partial charge in [-0.15, -0.1) is 0 Å². The van der Waals surface area contributed by atoms with E-state index < -0.39 is 5.97 Å². The summed E-state index contributed by atoms with van der Waals surface area (Å²) in [4.78, 5) is 24.1. The molecule has 6 heteroatoms. The Bertz CT molecular complexity index is 259. The Hall–Kier alpha value is -1.30. The van der Waals surface area contributed by atoms with Crippen LogP contribution in [-0.4, -0.2) is 54.2 Å². The summed E-state index contributed by atoms with van der Waals surface area (Å²) in [6, 6.07) is -0.670. The lowest BCUT2D eigenvalue weighted by Crippen LogP contribution is -2.44. The van der Waals surface area contributed by atoms with E-state index in [0.717, 1.165) is 26.1 Å². The van der Waals surface area contributed by atoms with Crippen LogP contribution in [-0.2, 0) is 4.79 Å². The Labute approximate surface area is 109 Å². The number of nitrogens with one attached hydrogen (secondary N) is 2. The minimum Gasteiger partial charge on any atom is -0.481 e. The lowest BCUT2D eigenvalue weighted by Gasteiger charge is -2.20. The predicted octanol–water partition coefficient (Wildman–Crippen LogP) is 0.881. The average Bonchev–Trinajstić information content (AvgIpc) is 2.26. The number of carboxylic acids is 1. The summed E-state index contributed by atoms with van der Waals surface area (Å²) < 4.78 is 0. The molecule has 0 bridgehead atoms. The number of carbonyl (C=O) groups is 2. The molecule has 0 saturated heterocycles. The summed E-state index contributed by atoms with van der Waals surface area (Å²) in [5.74, 6) is -0.914. The van der Waals surface area contributed by atoms with E-state index in [1.165, 1.54) is 0 Å². The molecule has 0 heterocycles. The maximum absolute atomic E-state index is 11.4. The van der Waals surface area contributed by atoms with E-state index in [1.54, 1.807) is 6.92 Å². The molecule has 1 unspecified atom stereocenters. The van der Waals surface area contributed by atoms with E-state index in [2.05, 4.69) is 29.4 Å². The number of hydrogen-bond acceptors (Lipinski definition) is 3. The van der Waals surface area contributed by atoms with Gasteiger partial charge in [0, 0.05) is 19.1 Å². The lowest BCUT2D eigenvalue weighted by atomic mass is 10.2. The second kappa shape index (κ2) is 9.70. The van der Waals surface area contributed by atoms with E-state index in [1.807, 2.05) is 0 Å². The third-order valence-electron chi connectivity index (χ3n) is 2.56. The second-order valence-corrected chi connectivity index (χ2v) is 4.33. The minimum absolute atomic E-state index is 0.0651. The molecule has 0 aromatic carbocycles. The summed E-state index contributed by atoms with van der Waals surface area (Å²) in [5, 5.41) is 13.9. The van der Waals surface area contributed by atoms with Crippen LogP contribution in [0.4, 0.5) is 4.79 Å². The van der Waals surface area contributed by atoms with Gasteiger partial charge in [-0.2, -0.15) is 0 Å². The smallest absolute Gasteiger partial charge is 0.315 e. The largest absolute Gasteiger partial charge is 0.481 e. The molecule has 1 atom stereocenters. The van der Waals surface area contributed by atoms with Crippen LogP contribution in [0.3, 0.4) is 0 Å². The van der Waals surface area contributed by atoms with Gasteiger partial charge in [0.25, 0.3) is 0 Å². The Morgan fingerprint density at radius 2 is 1.94 bits per heavy atom. The highest BCUT2D eigenvalue weighted by Gasteiger charge is 2.10. The number of nitrogens with zero attached hydrogens (tertiary/aromatic N) is 1. The standard InChI is InChI=1S/C12H25N3O3/c1-4-7-15(5-2)8-6-13-12(18)14-10(3)9-11(16)17/h10H,4-9H2,1-3H3,(H,16,17)(H2,13,14,18). The fraction of sp³-hybridized carbons (Fsp3) is 0.833. The van der Waals surface area contributed by atoms with Gasteiger partial charge in [-0.3, -0.25) is 4.79 Å². The van der Waals surface area contributed by atoms with Crippen molar-refractivity contribution in [1.82, 2.24) is 15.5 Å². The van der Waals surface area contributed by atoms with Crippen molar-refractivity contribution in [2.24, 2.45) is 0 Å². The number of urea groups is 1. The van der Waals surface area contributed by atoms with E-state index in [9.17, 15) is 9.59 Å². The van der Waals surface area contributed by atoms with Gasteiger partial charge >= 0.3 is 12.0 Å². The molecule has 3 N–H and O–H groups in total. The number of carbonyl (C=O) groups excluding carboxylic acids is 1. The van der Waals surface area contributed by atoms with Crippen molar-refractivity contribution in [3.8, 4) is 0 Å². The first-order valence-electron chi connectivity index (χ1n) is 6.48. The van der Waals surface area contributed by atoms with Crippen LogP contribution in [0.5, 0.6) is 0 Å². The van der Waals surface area contributed by atoms with Crippen molar-refractivity contribution in [2.75, 3.05) is 26.2 Å². The number of hydrogen-bond donors (Lipinski definition) is 3. The zero-order chi connectivity index (χ0) is 14.0. The highest BCUT2D eigenvalue weighted by atomic mass is 16.4. The van der Waals surface area contributed by atoms with Crippen molar-refractivity contribution in [3.05, 3.63) is 0 Å². The molecular weight excluding hydrogens is 234 g/mol. The summed E-state index contributed by atoms with van der Waals surface area (Å²) in [7, 11) is 0. The first kappa shape index (κ1) is 16.7. The zero-order valence-corrected chi connectivity index (χ0v) is 11.5. The van der Waals surface area contributed by atoms with E-state index >= 15 is 0 Å². The fourth-order valence-electron chi connectivity index (χ4n) is 1.66. The molecule has 0 radical (unpaired) electrons. The monoisotopic (exact) mass is 259 g/mol. The number of aliphatic carboxylic acids is 1. The second-order valence-electron chi connectivity index (χ2n) is 4.33. The third-order valence-corrected chi connectivity index (χ3v) is 2.56. The molecule has 0 aromatic rings. The van der Waals surface area contributed by atoms with Crippen molar-refractivity contribution in [2.45, 2.75) is 39.7 Å².